The van der Waals surface area contributed by atoms with Gasteiger partial charge in [0.1, 0.15) is 17.2 Å². The van der Waals surface area contributed by atoms with Crippen molar-refractivity contribution in [3.63, 3.8) is 0 Å². The van der Waals surface area contributed by atoms with Crippen LogP contribution in [0.2, 0.25) is 0 Å². The summed E-state index contributed by atoms with van der Waals surface area (Å²) in [5, 5.41) is 3.30. The van der Waals surface area contributed by atoms with Gasteiger partial charge in [-0.3, -0.25) is 0 Å². The van der Waals surface area contributed by atoms with Crippen molar-refractivity contribution in [3.8, 4) is 5.75 Å². The fourth-order valence-electron chi connectivity index (χ4n) is 2.58. The summed E-state index contributed by atoms with van der Waals surface area (Å²) in [5.74, 6) is 0.728. The molecule has 110 valence electrons. The zero-order valence-corrected chi connectivity index (χ0v) is 13.6. The number of nitrogens with one attached hydrogen (secondary N) is 1. The Morgan fingerprint density at radius 2 is 2.05 bits per heavy atom. The Bertz CT molecular complexity index is 684. The fraction of sp³-hybridized carbons (Fsp3) is 0.294. The largest absolute Gasteiger partial charge is 0.487 e. The van der Waals surface area contributed by atoms with Gasteiger partial charge in [0.2, 0.25) is 0 Å². The van der Waals surface area contributed by atoms with E-state index < -0.39 is 0 Å². The van der Waals surface area contributed by atoms with E-state index in [1.54, 1.807) is 12.1 Å². The molecule has 0 spiro atoms. The van der Waals surface area contributed by atoms with Crippen LogP contribution in [0.15, 0.2) is 40.9 Å². The zero-order chi connectivity index (χ0) is 15.0. The molecule has 3 rings (SSSR count). The van der Waals surface area contributed by atoms with Crippen molar-refractivity contribution < 1.29 is 9.13 Å². The van der Waals surface area contributed by atoms with Gasteiger partial charge < -0.3 is 10.1 Å². The molecule has 21 heavy (non-hydrogen) atoms. The highest BCUT2D eigenvalue weighted by atomic mass is 79.9. The minimum atomic E-state index is -0.252. The van der Waals surface area contributed by atoms with Crippen molar-refractivity contribution in [1.29, 1.82) is 0 Å². The molecule has 0 aliphatic carbocycles. The van der Waals surface area contributed by atoms with Gasteiger partial charge in [0.05, 0.1) is 4.47 Å². The van der Waals surface area contributed by atoms with Gasteiger partial charge in [-0.25, -0.2) is 4.39 Å². The lowest BCUT2D eigenvalue weighted by atomic mass is 10.0. The SMILES string of the molecule is CC1(C)Cc2cc(CNc3ccc(F)c(Br)c3)ccc2O1. The van der Waals surface area contributed by atoms with E-state index in [1.807, 2.05) is 6.07 Å². The number of anilines is 1. The maximum atomic E-state index is 13.2. The van der Waals surface area contributed by atoms with Crippen molar-refractivity contribution >= 4 is 21.6 Å². The molecule has 1 N–H and O–H groups in total. The maximum Gasteiger partial charge on any atom is 0.137 e. The van der Waals surface area contributed by atoms with Gasteiger partial charge in [0.25, 0.3) is 0 Å². The van der Waals surface area contributed by atoms with Crippen LogP contribution in [-0.2, 0) is 13.0 Å². The Morgan fingerprint density at radius 3 is 2.81 bits per heavy atom. The van der Waals surface area contributed by atoms with Crippen LogP contribution in [0, 0.1) is 5.82 Å². The molecule has 1 aliphatic rings. The summed E-state index contributed by atoms with van der Waals surface area (Å²) in [7, 11) is 0. The zero-order valence-electron chi connectivity index (χ0n) is 12.0. The Kier molecular flexibility index (Phi) is 3.66. The quantitative estimate of drug-likeness (QED) is 0.849. The number of hydrogen-bond donors (Lipinski definition) is 1. The molecule has 0 saturated carbocycles. The number of hydrogen-bond acceptors (Lipinski definition) is 2. The van der Waals surface area contributed by atoms with Gasteiger partial charge >= 0.3 is 0 Å². The second kappa shape index (κ2) is 5.34. The normalized spacial score (nSPS) is 15.4. The third-order valence-electron chi connectivity index (χ3n) is 3.54. The van der Waals surface area contributed by atoms with Crippen LogP contribution < -0.4 is 10.1 Å². The molecule has 4 heteroatoms. The molecule has 0 amide bonds. The minimum Gasteiger partial charge on any atom is -0.487 e. The summed E-state index contributed by atoms with van der Waals surface area (Å²) >= 11 is 3.19. The van der Waals surface area contributed by atoms with E-state index in [4.69, 9.17) is 4.74 Å². The van der Waals surface area contributed by atoms with E-state index in [9.17, 15) is 4.39 Å². The topological polar surface area (TPSA) is 21.3 Å². The summed E-state index contributed by atoms with van der Waals surface area (Å²) < 4.78 is 19.5. The number of ether oxygens (including phenoxy) is 1. The molecule has 0 atom stereocenters. The van der Waals surface area contributed by atoms with Crippen LogP contribution in [0.25, 0.3) is 0 Å². The molecule has 0 radical (unpaired) electrons. The standard InChI is InChI=1S/C17H17BrFNO/c1-17(2)9-12-7-11(3-6-16(12)21-17)10-20-13-4-5-15(19)14(18)8-13/h3-8,20H,9-10H2,1-2H3. The summed E-state index contributed by atoms with van der Waals surface area (Å²) in [6.07, 6.45) is 0.929. The van der Waals surface area contributed by atoms with Crippen molar-refractivity contribution in [3.05, 3.63) is 57.8 Å². The molecule has 2 aromatic carbocycles. The molecule has 0 bridgehead atoms. The maximum absolute atomic E-state index is 13.2. The molecule has 1 aliphatic heterocycles. The Morgan fingerprint density at radius 1 is 1.24 bits per heavy atom. The first kappa shape index (κ1) is 14.4. The smallest absolute Gasteiger partial charge is 0.137 e. The predicted molar refractivity (Wildman–Crippen MR) is 86.3 cm³/mol. The average Bonchev–Trinajstić information content (AvgIpc) is 2.73. The van der Waals surface area contributed by atoms with E-state index in [0.29, 0.717) is 11.0 Å². The molecule has 0 aromatic heterocycles. The lowest BCUT2D eigenvalue weighted by Gasteiger charge is -2.16. The first-order valence-corrected chi connectivity index (χ1v) is 7.72. The van der Waals surface area contributed by atoms with Crippen LogP contribution in [0.3, 0.4) is 0 Å². The van der Waals surface area contributed by atoms with Crippen LogP contribution in [0.5, 0.6) is 5.75 Å². The molecule has 0 fully saturated rings. The number of benzene rings is 2. The fourth-order valence-corrected chi connectivity index (χ4v) is 2.96. The van der Waals surface area contributed by atoms with Gasteiger partial charge in [-0.05, 0) is 65.2 Å². The second-order valence-corrected chi connectivity index (χ2v) is 6.82. The van der Waals surface area contributed by atoms with E-state index in [2.05, 4.69) is 47.2 Å². The predicted octanol–water partition coefficient (Wildman–Crippen LogP) is 4.91. The van der Waals surface area contributed by atoms with E-state index >= 15 is 0 Å². The lowest BCUT2D eigenvalue weighted by molar-refractivity contribution is 0.138. The van der Waals surface area contributed by atoms with E-state index in [1.165, 1.54) is 17.2 Å². The Hall–Kier alpha value is -1.55. The molecular formula is C17H17BrFNO. The minimum absolute atomic E-state index is 0.115. The average molecular weight is 350 g/mol. The lowest BCUT2D eigenvalue weighted by Crippen LogP contribution is -2.24. The highest BCUT2D eigenvalue weighted by Crippen LogP contribution is 2.35. The first-order valence-electron chi connectivity index (χ1n) is 6.93. The first-order chi connectivity index (χ1) is 9.93. The number of fused-ring (bicyclic) bond motifs is 1. The summed E-state index contributed by atoms with van der Waals surface area (Å²) in [5.41, 5.74) is 3.21. The van der Waals surface area contributed by atoms with Crippen molar-refractivity contribution in [2.45, 2.75) is 32.4 Å². The number of halogens is 2. The van der Waals surface area contributed by atoms with E-state index in [0.717, 1.165) is 17.9 Å². The van der Waals surface area contributed by atoms with Crippen LogP contribution in [-0.4, -0.2) is 5.60 Å². The molecule has 0 saturated heterocycles. The second-order valence-electron chi connectivity index (χ2n) is 5.96. The van der Waals surface area contributed by atoms with Gasteiger partial charge in [0, 0.05) is 18.7 Å². The van der Waals surface area contributed by atoms with Crippen molar-refractivity contribution in [2.24, 2.45) is 0 Å². The monoisotopic (exact) mass is 349 g/mol. The van der Waals surface area contributed by atoms with Crippen LogP contribution in [0.1, 0.15) is 25.0 Å². The summed E-state index contributed by atoms with van der Waals surface area (Å²) in [6, 6.07) is 11.2. The summed E-state index contributed by atoms with van der Waals surface area (Å²) in [6.45, 7) is 4.90. The van der Waals surface area contributed by atoms with Gasteiger partial charge in [-0.2, -0.15) is 0 Å². The third kappa shape index (κ3) is 3.21. The number of rotatable bonds is 3. The van der Waals surface area contributed by atoms with Gasteiger partial charge in [-0.15, -0.1) is 0 Å². The third-order valence-corrected chi connectivity index (χ3v) is 4.15. The highest BCUT2D eigenvalue weighted by molar-refractivity contribution is 9.10. The molecule has 2 nitrogen and oxygen atoms in total. The van der Waals surface area contributed by atoms with Gasteiger partial charge in [-0.1, -0.05) is 12.1 Å². The summed E-state index contributed by atoms with van der Waals surface area (Å²) in [4.78, 5) is 0. The van der Waals surface area contributed by atoms with Crippen LogP contribution in [0.4, 0.5) is 10.1 Å². The molecule has 1 heterocycles. The Labute approximate surface area is 132 Å². The molecular weight excluding hydrogens is 333 g/mol. The molecule has 0 unspecified atom stereocenters. The van der Waals surface area contributed by atoms with E-state index in [-0.39, 0.29) is 11.4 Å². The molecule has 2 aromatic rings. The highest BCUT2D eigenvalue weighted by Gasteiger charge is 2.29. The van der Waals surface area contributed by atoms with Crippen molar-refractivity contribution in [1.82, 2.24) is 0 Å². The van der Waals surface area contributed by atoms with Crippen LogP contribution >= 0.6 is 15.9 Å². The Balaban J connectivity index is 1.71. The van der Waals surface area contributed by atoms with Gasteiger partial charge in [0.15, 0.2) is 0 Å². The van der Waals surface area contributed by atoms with Crippen molar-refractivity contribution in [2.75, 3.05) is 5.32 Å².